The van der Waals surface area contributed by atoms with Crippen LogP contribution in [-0.4, -0.2) is 17.6 Å². The van der Waals surface area contributed by atoms with Gasteiger partial charge in [-0.2, -0.15) is 5.26 Å². The fraction of sp³-hybridized carbons (Fsp3) is 0.312. The summed E-state index contributed by atoms with van der Waals surface area (Å²) >= 11 is 0. The number of hydrogen-bond acceptors (Lipinski definition) is 5. The van der Waals surface area contributed by atoms with Crippen LogP contribution in [0.5, 0.6) is 0 Å². The number of amides is 1. The molecule has 0 unspecified atom stereocenters. The molecule has 2 N–H and O–H groups in total. The quantitative estimate of drug-likeness (QED) is 0.905. The van der Waals surface area contributed by atoms with Crippen molar-refractivity contribution < 1.29 is 9.32 Å². The molecule has 0 atom stereocenters. The number of carbonyl (C=O) groups excluding carboxylic acids is 1. The van der Waals surface area contributed by atoms with E-state index >= 15 is 0 Å². The first-order chi connectivity index (χ1) is 10.4. The topological polar surface area (TPSA) is 91.0 Å². The summed E-state index contributed by atoms with van der Waals surface area (Å²) in [5, 5.41) is 18.3. The Balaban J connectivity index is 1.87. The van der Waals surface area contributed by atoms with Crippen molar-refractivity contribution in [3.05, 3.63) is 41.6 Å². The lowest BCUT2D eigenvalue weighted by Gasteiger charge is -2.12. The predicted octanol–water partition coefficient (Wildman–Crippen LogP) is 2.89. The number of rotatable bonds is 4. The van der Waals surface area contributed by atoms with E-state index in [1.54, 1.807) is 30.3 Å². The summed E-state index contributed by atoms with van der Waals surface area (Å²) in [6.45, 7) is 6.15. The van der Waals surface area contributed by atoms with Gasteiger partial charge in [-0.3, -0.25) is 10.1 Å². The Kier molecular flexibility index (Phi) is 4.47. The zero-order valence-corrected chi connectivity index (χ0v) is 12.8. The van der Waals surface area contributed by atoms with Crippen LogP contribution in [0.4, 0.5) is 11.6 Å². The number of benzene rings is 1. The second kappa shape index (κ2) is 6.31. The Hall–Kier alpha value is -2.81. The number of anilines is 2. The van der Waals surface area contributed by atoms with Gasteiger partial charge in [-0.05, 0) is 24.3 Å². The molecule has 0 saturated heterocycles. The van der Waals surface area contributed by atoms with Gasteiger partial charge in [0.25, 0.3) is 0 Å². The molecule has 1 amide bonds. The van der Waals surface area contributed by atoms with Crippen LogP contribution in [0.2, 0.25) is 0 Å². The molecule has 0 aliphatic heterocycles. The van der Waals surface area contributed by atoms with Gasteiger partial charge in [0.2, 0.25) is 11.8 Å². The van der Waals surface area contributed by atoms with E-state index in [-0.39, 0.29) is 17.9 Å². The van der Waals surface area contributed by atoms with Gasteiger partial charge < -0.3 is 9.84 Å². The number of hydrogen-bond donors (Lipinski definition) is 2. The van der Waals surface area contributed by atoms with Crippen molar-refractivity contribution in [1.29, 1.82) is 5.26 Å². The molecule has 6 heteroatoms. The van der Waals surface area contributed by atoms with Crippen LogP contribution in [0.15, 0.2) is 34.9 Å². The minimum absolute atomic E-state index is 0.0947. The maximum atomic E-state index is 11.9. The van der Waals surface area contributed by atoms with Crippen LogP contribution >= 0.6 is 0 Å². The third-order valence-corrected chi connectivity index (χ3v) is 3.01. The van der Waals surface area contributed by atoms with E-state index in [9.17, 15) is 4.79 Å². The summed E-state index contributed by atoms with van der Waals surface area (Å²) in [4.78, 5) is 11.9. The molecule has 2 rings (SSSR count). The first-order valence-electron chi connectivity index (χ1n) is 6.89. The number of nitrogens with one attached hydrogen (secondary N) is 2. The first kappa shape index (κ1) is 15.6. The Morgan fingerprint density at radius 2 is 2.00 bits per heavy atom. The fourth-order valence-electron chi connectivity index (χ4n) is 1.71. The molecule has 1 heterocycles. The van der Waals surface area contributed by atoms with Gasteiger partial charge >= 0.3 is 0 Å². The number of aromatic nitrogens is 1. The van der Waals surface area contributed by atoms with Gasteiger partial charge in [0.1, 0.15) is 0 Å². The van der Waals surface area contributed by atoms with Gasteiger partial charge in [-0.1, -0.05) is 25.9 Å². The van der Waals surface area contributed by atoms with Crippen LogP contribution in [0.3, 0.4) is 0 Å². The molecule has 0 saturated carbocycles. The van der Waals surface area contributed by atoms with Crippen LogP contribution in [-0.2, 0) is 10.2 Å². The van der Waals surface area contributed by atoms with Crippen molar-refractivity contribution in [3.63, 3.8) is 0 Å². The second-order valence-corrected chi connectivity index (χ2v) is 5.92. The van der Waals surface area contributed by atoms with E-state index in [1.807, 2.05) is 26.8 Å². The molecule has 1 aromatic heterocycles. The molecule has 2 aromatic rings. The lowest BCUT2D eigenvalue weighted by Crippen LogP contribution is -2.21. The number of nitriles is 1. The summed E-state index contributed by atoms with van der Waals surface area (Å²) in [7, 11) is 0. The van der Waals surface area contributed by atoms with E-state index in [2.05, 4.69) is 15.8 Å². The monoisotopic (exact) mass is 298 g/mol. The number of carbonyl (C=O) groups is 1. The molecule has 0 radical (unpaired) electrons. The van der Waals surface area contributed by atoms with Crippen LogP contribution in [0, 0.1) is 11.3 Å². The smallest absolute Gasteiger partial charge is 0.246 e. The van der Waals surface area contributed by atoms with Crippen molar-refractivity contribution in [2.75, 3.05) is 17.2 Å². The van der Waals surface area contributed by atoms with E-state index < -0.39 is 0 Å². The maximum absolute atomic E-state index is 11.9. The van der Waals surface area contributed by atoms with E-state index in [0.29, 0.717) is 11.4 Å². The first-order valence-corrected chi connectivity index (χ1v) is 6.89. The molecular formula is C16H18N4O2. The fourth-order valence-corrected chi connectivity index (χ4v) is 1.71. The minimum Gasteiger partial charge on any atom is -0.376 e. The van der Waals surface area contributed by atoms with Gasteiger partial charge in [0.15, 0.2) is 0 Å². The van der Waals surface area contributed by atoms with Crippen LogP contribution in [0.25, 0.3) is 0 Å². The summed E-state index contributed by atoms with van der Waals surface area (Å²) in [6.07, 6.45) is 0. The Morgan fingerprint density at radius 1 is 1.32 bits per heavy atom. The Morgan fingerprint density at radius 3 is 2.55 bits per heavy atom. The van der Waals surface area contributed by atoms with Gasteiger partial charge in [0.05, 0.1) is 23.9 Å². The lowest BCUT2D eigenvalue weighted by molar-refractivity contribution is -0.114. The average Bonchev–Trinajstić information content (AvgIpc) is 2.94. The van der Waals surface area contributed by atoms with Gasteiger partial charge in [0, 0.05) is 17.2 Å². The Labute approximate surface area is 129 Å². The highest BCUT2D eigenvalue weighted by molar-refractivity contribution is 5.92. The largest absolute Gasteiger partial charge is 0.376 e. The minimum atomic E-state index is -0.235. The summed E-state index contributed by atoms with van der Waals surface area (Å²) in [6, 6.07) is 10.6. The molecule has 0 spiro atoms. The van der Waals surface area contributed by atoms with Crippen molar-refractivity contribution in [2.24, 2.45) is 0 Å². The molecule has 114 valence electrons. The molecular weight excluding hydrogens is 280 g/mol. The highest BCUT2D eigenvalue weighted by Gasteiger charge is 2.19. The molecule has 0 bridgehead atoms. The van der Waals surface area contributed by atoms with Crippen LogP contribution in [0.1, 0.15) is 32.0 Å². The third kappa shape index (κ3) is 4.09. The Bertz CT molecular complexity index is 690. The third-order valence-electron chi connectivity index (χ3n) is 3.01. The highest BCUT2D eigenvalue weighted by Crippen LogP contribution is 2.23. The lowest BCUT2D eigenvalue weighted by atomic mass is 9.92. The normalized spacial score (nSPS) is 10.8. The standard InChI is InChI=1S/C16H18N4O2/c1-16(2,3)13-8-15(22-20-13)19-14(21)10-18-12-6-4-11(9-17)5-7-12/h4-8,18H,10H2,1-3H3,(H,19,21). The average molecular weight is 298 g/mol. The second-order valence-electron chi connectivity index (χ2n) is 5.92. The molecule has 0 aliphatic carbocycles. The van der Waals surface area contributed by atoms with E-state index in [4.69, 9.17) is 9.78 Å². The highest BCUT2D eigenvalue weighted by atomic mass is 16.5. The van der Waals surface area contributed by atoms with E-state index in [1.165, 1.54) is 0 Å². The van der Waals surface area contributed by atoms with Crippen molar-refractivity contribution in [2.45, 2.75) is 26.2 Å². The molecule has 0 aliphatic rings. The van der Waals surface area contributed by atoms with E-state index in [0.717, 1.165) is 11.4 Å². The summed E-state index contributed by atoms with van der Waals surface area (Å²) in [5.74, 6) is 0.0949. The number of nitrogens with zero attached hydrogens (tertiary/aromatic N) is 2. The van der Waals surface area contributed by atoms with Crippen molar-refractivity contribution in [1.82, 2.24) is 5.16 Å². The van der Waals surface area contributed by atoms with Crippen molar-refractivity contribution in [3.8, 4) is 6.07 Å². The molecule has 1 aromatic carbocycles. The molecule has 0 fully saturated rings. The zero-order valence-electron chi connectivity index (χ0n) is 12.8. The SMILES string of the molecule is CC(C)(C)c1cc(NC(=O)CNc2ccc(C#N)cc2)on1. The predicted molar refractivity (Wildman–Crippen MR) is 83.5 cm³/mol. The molecule has 22 heavy (non-hydrogen) atoms. The zero-order chi connectivity index (χ0) is 16.2. The van der Waals surface area contributed by atoms with Gasteiger partial charge in [-0.25, -0.2) is 0 Å². The van der Waals surface area contributed by atoms with Crippen LogP contribution < -0.4 is 10.6 Å². The summed E-state index contributed by atoms with van der Waals surface area (Å²) < 4.78 is 5.10. The maximum Gasteiger partial charge on any atom is 0.246 e. The summed E-state index contributed by atoms with van der Waals surface area (Å²) in [5.41, 5.74) is 1.99. The van der Waals surface area contributed by atoms with Crippen molar-refractivity contribution >= 4 is 17.5 Å². The molecule has 6 nitrogen and oxygen atoms in total. The van der Waals surface area contributed by atoms with Gasteiger partial charge in [-0.15, -0.1) is 0 Å².